The van der Waals surface area contributed by atoms with E-state index in [1.807, 2.05) is 12.3 Å². The van der Waals surface area contributed by atoms with Crippen molar-refractivity contribution in [1.29, 1.82) is 0 Å². The third kappa shape index (κ3) is 4.51. The second kappa shape index (κ2) is 8.11. The van der Waals surface area contributed by atoms with E-state index in [1.54, 1.807) is 7.11 Å². The van der Waals surface area contributed by atoms with E-state index in [1.165, 1.54) is 10.9 Å². The number of methoxy groups -OCH3 is 1. The SMILES string of the molecule is CCCNC(Cc1ccnc2ccccc12)CC(C)OC. The van der Waals surface area contributed by atoms with Crippen molar-refractivity contribution in [3.8, 4) is 0 Å². The Labute approximate surface area is 127 Å². The Kier molecular flexibility index (Phi) is 6.15. The van der Waals surface area contributed by atoms with Gasteiger partial charge in [-0.05, 0) is 50.4 Å². The predicted molar refractivity (Wildman–Crippen MR) is 88.6 cm³/mol. The van der Waals surface area contributed by atoms with Gasteiger partial charge in [0.15, 0.2) is 0 Å². The zero-order chi connectivity index (χ0) is 15.1. The highest BCUT2D eigenvalue weighted by Gasteiger charge is 2.14. The van der Waals surface area contributed by atoms with Crippen molar-refractivity contribution in [2.45, 2.75) is 45.3 Å². The van der Waals surface area contributed by atoms with Crippen LogP contribution in [0.3, 0.4) is 0 Å². The van der Waals surface area contributed by atoms with Gasteiger partial charge in [-0.15, -0.1) is 0 Å². The number of para-hydroxylation sites is 1. The maximum absolute atomic E-state index is 5.43. The second-order valence-corrected chi connectivity index (χ2v) is 5.62. The average molecular weight is 286 g/mol. The Morgan fingerprint density at radius 2 is 2.05 bits per heavy atom. The molecular formula is C18H26N2O. The lowest BCUT2D eigenvalue weighted by Gasteiger charge is -2.22. The van der Waals surface area contributed by atoms with E-state index in [4.69, 9.17) is 4.74 Å². The van der Waals surface area contributed by atoms with Gasteiger partial charge >= 0.3 is 0 Å². The molecule has 0 aliphatic carbocycles. The third-order valence-corrected chi connectivity index (χ3v) is 3.91. The van der Waals surface area contributed by atoms with Crippen LogP contribution in [-0.4, -0.2) is 30.8 Å². The minimum absolute atomic E-state index is 0.271. The number of rotatable bonds is 8. The molecule has 3 heteroatoms. The molecule has 0 saturated carbocycles. The molecule has 114 valence electrons. The van der Waals surface area contributed by atoms with Crippen molar-refractivity contribution in [2.75, 3.05) is 13.7 Å². The Balaban J connectivity index is 2.17. The van der Waals surface area contributed by atoms with Crippen LogP contribution in [0.4, 0.5) is 0 Å². The van der Waals surface area contributed by atoms with Crippen molar-refractivity contribution in [2.24, 2.45) is 0 Å². The molecule has 3 nitrogen and oxygen atoms in total. The fourth-order valence-corrected chi connectivity index (χ4v) is 2.68. The number of ether oxygens (including phenoxy) is 1. The molecule has 0 aliphatic rings. The largest absolute Gasteiger partial charge is 0.382 e. The first-order valence-electron chi connectivity index (χ1n) is 7.83. The van der Waals surface area contributed by atoms with Crippen LogP contribution in [0, 0.1) is 0 Å². The molecule has 1 N–H and O–H groups in total. The first-order chi connectivity index (χ1) is 10.2. The van der Waals surface area contributed by atoms with E-state index in [-0.39, 0.29) is 6.10 Å². The fourth-order valence-electron chi connectivity index (χ4n) is 2.68. The molecule has 0 spiro atoms. The molecule has 2 aromatic rings. The molecule has 2 rings (SSSR count). The maximum atomic E-state index is 5.43. The summed E-state index contributed by atoms with van der Waals surface area (Å²) in [5.41, 5.74) is 2.43. The first kappa shape index (κ1) is 15.9. The van der Waals surface area contributed by atoms with Gasteiger partial charge in [-0.3, -0.25) is 4.98 Å². The Bertz CT molecular complexity index is 550. The van der Waals surface area contributed by atoms with Crippen LogP contribution in [0.1, 0.15) is 32.3 Å². The Hall–Kier alpha value is -1.45. The number of pyridine rings is 1. The molecule has 0 aliphatic heterocycles. The van der Waals surface area contributed by atoms with Gasteiger partial charge in [0, 0.05) is 24.7 Å². The van der Waals surface area contributed by atoms with Crippen molar-refractivity contribution in [3.63, 3.8) is 0 Å². The van der Waals surface area contributed by atoms with E-state index in [0.717, 1.165) is 31.3 Å². The molecule has 2 unspecified atom stereocenters. The number of hydrogen-bond donors (Lipinski definition) is 1. The van der Waals surface area contributed by atoms with Crippen molar-refractivity contribution in [1.82, 2.24) is 10.3 Å². The normalized spacial score (nSPS) is 14.2. The minimum atomic E-state index is 0.271. The van der Waals surface area contributed by atoms with E-state index < -0.39 is 0 Å². The molecule has 21 heavy (non-hydrogen) atoms. The highest BCUT2D eigenvalue weighted by molar-refractivity contribution is 5.81. The molecule has 0 fully saturated rings. The van der Waals surface area contributed by atoms with Gasteiger partial charge in [-0.25, -0.2) is 0 Å². The molecule has 1 heterocycles. The number of fused-ring (bicyclic) bond motifs is 1. The summed E-state index contributed by atoms with van der Waals surface area (Å²) in [5.74, 6) is 0. The zero-order valence-corrected chi connectivity index (χ0v) is 13.3. The van der Waals surface area contributed by atoms with Crippen LogP contribution in [0.25, 0.3) is 10.9 Å². The minimum Gasteiger partial charge on any atom is -0.382 e. The highest BCUT2D eigenvalue weighted by atomic mass is 16.5. The molecule has 2 atom stereocenters. The highest BCUT2D eigenvalue weighted by Crippen LogP contribution is 2.19. The quantitative estimate of drug-likeness (QED) is 0.805. The summed E-state index contributed by atoms with van der Waals surface area (Å²) >= 11 is 0. The van der Waals surface area contributed by atoms with Gasteiger partial charge in [0.25, 0.3) is 0 Å². The number of nitrogens with zero attached hydrogens (tertiary/aromatic N) is 1. The molecule has 0 amide bonds. The van der Waals surface area contributed by atoms with E-state index in [2.05, 4.69) is 48.4 Å². The first-order valence-corrected chi connectivity index (χ1v) is 7.83. The van der Waals surface area contributed by atoms with E-state index in [0.29, 0.717) is 6.04 Å². The summed E-state index contributed by atoms with van der Waals surface area (Å²) < 4.78 is 5.43. The number of nitrogens with one attached hydrogen (secondary N) is 1. The van der Waals surface area contributed by atoms with Crippen LogP contribution in [0.2, 0.25) is 0 Å². The molecule has 0 bridgehead atoms. The van der Waals surface area contributed by atoms with Crippen molar-refractivity contribution < 1.29 is 4.74 Å². The topological polar surface area (TPSA) is 34.2 Å². The van der Waals surface area contributed by atoms with E-state index in [9.17, 15) is 0 Å². The van der Waals surface area contributed by atoms with Gasteiger partial charge in [0.05, 0.1) is 11.6 Å². The second-order valence-electron chi connectivity index (χ2n) is 5.62. The van der Waals surface area contributed by atoms with Gasteiger partial charge in [0.2, 0.25) is 0 Å². The number of benzene rings is 1. The van der Waals surface area contributed by atoms with Crippen molar-refractivity contribution >= 4 is 10.9 Å². The third-order valence-electron chi connectivity index (χ3n) is 3.91. The van der Waals surface area contributed by atoms with Gasteiger partial charge < -0.3 is 10.1 Å². The van der Waals surface area contributed by atoms with Gasteiger partial charge in [-0.2, -0.15) is 0 Å². The standard InChI is InChI=1S/C18H26N2O/c1-4-10-19-16(12-14(2)21-3)13-15-9-11-20-18-8-6-5-7-17(15)18/h5-9,11,14,16,19H,4,10,12-13H2,1-3H3. The predicted octanol–water partition coefficient (Wildman–Crippen LogP) is 3.57. The maximum Gasteiger partial charge on any atom is 0.0704 e. The zero-order valence-electron chi connectivity index (χ0n) is 13.3. The average Bonchev–Trinajstić information content (AvgIpc) is 2.52. The van der Waals surface area contributed by atoms with Gasteiger partial charge in [0.1, 0.15) is 0 Å². The molecular weight excluding hydrogens is 260 g/mol. The van der Waals surface area contributed by atoms with Crippen LogP contribution >= 0.6 is 0 Å². The Morgan fingerprint density at radius 3 is 2.81 bits per heavy atom. The summed E-state index contributed by atoms with van der Waals surface area (Å²) in [7, 11) is 1.78. The number of hydrogen-bond acceptors (Lipinski definition) is 3. The number of aromatic nitrogens is 1. The van der Waals surface area contributed by atoms with Crippen LogP contribution in [-0.2, 0) is 11.2 Å². The lowest BCUT2D eigenvalue weighted by atomic mass is 9.98. The van der Waals surface area contributed by atoms with Crippen LogP contribution in [0.15, 0.2) is 36.5 Å². The molecule has 0 radical (unpaired) electrons. The summed E-state index contributed by atoms with van der Waals surface area (Å²) in [6, 6.07) is 10.9. The van der Waals surface area contributed by atoms with E-state index >= 15 is 0 Å². The molecule has 0 saturated heterocycles. The smallest absolute Gasteiger partial charge is 0.0704 e. The lowest BCUT2D eigenvalue weighted by Crippen LogP contribution is -2.35. The summed E-state index contributed by atoms with van der Waals surface area (Å²) in [5, 5.41) is 4.91. The fraction of sp³-hybridized carbons (Fsp3) is 0.500. The van der Waals surface area contributed by atoms with Gasteiger partial charge in [-0.1, -0.05) is 25.1 Å². The summed E-state index contributed by atoms with van der Waals surface area (Å²) in [6.07, 6.45) is 5.36. The summed E-state index contributed by atoms with van der Waals surface area (Å²) in [4.78, 5) is 4.44. The molecule has 1 aromatic carbocycles. The van der Waals surface area contributed by atoms with Crippen LogP contribution < -0.4 is 5.32 Å². The Morgan fingerprint density at radius 1 is 1.24 bits per heavy atom. The monoisotopic (exact) mass is 286 g/mol. The van der Waals surface area contributed by atoms with Crippen molar-refractivity contribution in [3.05, 3.63) is 42.1 Å². The lowest BCUT2D eigenvalue weighted by molar-refractivity contribution is 0.100. The van der Waals surface area contributed by atoms with Crippen LogP contribution in [0.5, 0.6) is 0 Å². The molecule has 1 aromatic heterocycles. The summed E-state index contributed by atoms with van der Waals surface area (Å²) in [6.45, 7) is 5.38.